The molecule has 178 valence electrons. The summed E-state index contributed by atoms with van der Waals surface area (Å²) in [5, 5.41) is 0.428. The van der Waals surface area contributed by atoms with Gasteiger partial charge < -0.3 is 18.6 Å². The van der Waals surface area contributed by atoms with Gasteiger partial charge in [-0.05, 0) is 55.0 Å². The van der Waals surface area contributed by atoms with Crippen LogP contribution in [-0.4, -0.2) is 18.9 Å². The van der Waals surface area contributed by atoms with Crippen molar-refractivity contribution in [3.05, 3.63) is 105 Å². The van der Waals surface area contributed by atoms with Gasteiger partial charge in [-0.15, -0.1) is 0 Å². The van der Waals surface area contributed by atoms with Crippen molar-refractivity contribution in [2.24, 2.45) is 0 Å². The summed E-state index contributed by atoms with van der Waals surface area (Å²) in [5.74, 6) is -0.0705. The van der Waals surface area contributed by atoms with E-state index in [0.29, 0.717) is 39.2 Å². The predicted octanol–water partition coefficient (Wildman–Crippen LogP) is 5.17. The van der Waals surface area contributed by atoms with E-state index in [-0.39, 0.29) is 29.1 Å². The van der Waals surface area contributed by atoms with Gasteiger partial charge in [0.25, 0.3) is 0 Å². The Hall–Kier alpha value is -4.65. The molecule has 4 aromatic rings. The van der Waals surface area contributed by atoms with Gasteiger partial charge in [0.1, 0.15) is 22.8 Å². The Morgan fingerprint density at radius 2 is 1.78 bits per heavy atom. The van der Waals surface area contributed by atoms with E-state index in [1.165, 1.54) is 6.26 Å². The molecule has 1 atom stereocenters. The monoisotopic (exact) mass is 480 g/mol. The lowest BCUT2D eigenvalue weighted by Gasteiger charge is -2.25. The Morgan fingerprint density at radius 1 is 0.972 bits per heavy atom. The average Bonchev–Trinajstić information content (AvgIpc) is 3.19. The molecule has 0 aliphatic carbocycles. The molecule has 7 nitrogen and oxygen atoms in total. The number of hydrogen-bond donors (Lipinski definition) is 0. The highest BCUT2D eigenvalue weighted by Gasteiger charge is 2.39. The molecule has 0 radical (unpaired) electrons. The Morgan fingerprint density at radius 3 is 2.56 bits per heavy atom. The molecule has 2 aliphatic rings. The number of Topliss-reactive ketones (excluding diaryl/α,β-unsaturated/α-hetero) is 1. The number of hydrogen-bond acceptors (Lipinski definition) is 7. The van der Waals surface area contributed by atoms with Crippen molar-refractivity contribution in [3.63, 3.8) is 0 Å². The van der Waals surface area contributed by atoms with Crippen LogP contribution in [0.3, 0.4) is 0 Å². The lowest BCUT2D eigenvalue weighted by atomic mass is 9.85. The second-order valence-electron chi connectivity index (χ2n) is 8.82. The SMILES string of the molecule is COc1ccc(/C=C2\Oc3c(ccc4c3C(c3coc5ccc(C)cc5c3=O)CC(=O)O4)C2=O)cc1. The first kappa shape index (κ1) is 21.9. The Bertz CT molecular complexity index is 1660. The Kier molecular flexibility index (Phi) is 5.00. The van der Waals surface area contributed by atoms with Crippen LogP contribution < -0.4 is 19.6 Å². The van der Waals surface area contributed by atoms with E-state index >= 15 is 0 Å². The van der Waals surface area contributed by atoms with Gasteiger partial charge in [-0.25, -0.2) is 0 Å². The first-order chi connectivity index (χ1) is 17.4. The first-order valence-electron chi connectivity index (χ1n) is 11.4. The van der Waals surface area contributed by atoms with Gasteiger partial charge in [0.05, 0.1) is 30.7 Å². The highest BCUT2D eigenvalue weighted by atomic mass is 16.5. The van der Waals surface area contributed by atoms with Crippen molar-refractivity contribution in [1.82, 2.24) is 0 Å². The van der Waals surface area contributed by atoms with E-state index in [1.807, 2.05) is 25.1 Å². The van der Waals surface area contributed by atoms with Gasteiger partial charge in [-0.1, -0.05) is 23.8 Å². The third-order valence-corrected chi connectivity index (χ3v) is 6.52. The number of carbonyl (C=O) groups is 2. The van der Waals surface area contributed by atoms with Crippen LogP contribution in [-0.2, 0) is 4.79 Å². The molecule has 36 heavy (non-hydrogen) atoms. The summed E-state index contributed by atoms with van der Waals surface area (Å²) in [6, 6.07) is 15.7. The highest BCUT2D eigenvalue weighted by molar-refractivity contribution is 6.15. The molecule has 0 amide bonds. The van der Waals surface area contributed by atoms with Crippen LogP contribution in [0.2, 0.25) is 0 Å². The summed E-state index contributed by atoms with van der Waals surface area (Å²) in [6.45, 7) is 1.89. The molecule has 0 saturated carbocycles. The van der Waals surface area contributed by atoms with Crippen molar-refractivity contribution >= 4 is 28.8 Å². The largest absolute Gasteiger partial charge is 0.497 e. The van der Waals surface area contributed by atoms with E-state index in [9.17, 15) is 14.4 Å². The molecule has 3 heterocycles. The van der Waals surface area contributed by atoms with Gasteiger partial charge in [-0.2, -0.15) is 0 Å². The van der Waals surface area contributed by atoms with Gasteiger partial charge in [0.2, 0.25) is 5.78 Å². The summed E-state index contributed by atoms with van der Waals surface area (Å²) in [6.07, 6.45) is 2.95. The molecule has 3 aromatic carbocycles. The lowest BCUT2D eigenvalue weighted by molar-refractivity contribution is -0.135. The molecule has 1 aromatic heterocycles. The van der Waals surface area contributed by atoms with Crippen LogP contribution in [0.15, 0.2) is 75.8 Å². The van der Waals surface area contributed by atoms with Gasteiger partial charge in [-0.3, -0.25) is 14.4 Å². The normalized spacial score (nSPS) is 17.5. The maximum atomic E-state index is 13.5. The van der Waals surface area contributed by atoms with E-state index in [0.717, 1.165) is 11.1 Å². The maximum Gasteiger partial charge on any atom is 0.312 e. The quantitative estimate of drug-likeness (QED) is 0.227. The van der Waals surface area contributed by atoms with Crippen molar-refractivity contribution in [2.45, 2.75) is 19.3 Å². The van der Waals surface area contributed by atoms with Crippen LogP contribution in [0, 0.1) is 6.92 Å². The zero-order valence-corrected chi connectivity index (χ0v) is 19.5. The molecular weight excluding hydrogens is 460 g/mol. The zero-order chi connectivity index (χ0) is 25.0. The lowest BCUT2D eigenvalue weighted by Crippen LogP contribution is -2.25. The number of rotatable bonds is 3. The summed E-state index contributed by atoms with van der Waals surface area (Å²) in [4.78, 5) is 39.1. The molecule has 1 unspecified atom stereocenters. The fraction of sp³-hybridized carbons (Fsp3) is 0.138. The van der Waals surface area contributed by atoms with Crippen LogP contribution >= 0.6 is 0 Å². The predicted molar refractivity (Wildman–Crippen MR) is 132 cm³/mol. The van der Waals surface area contributed by atoms with Crippen LogP contribution in [0.25, 0.3) is 17.0 Å². The minimum absolute atomic E-state index is 0.0827. The maximum absolute atomic E-state index is 13.5. The van der Waals surface area contributed by atoms with Crippen molar-refractivity contribution in [3.8, 4) is 17.2 Å². The smallest absolute Gasteiger partial charge is 0.312 e. The molecule has 6 rings (SSSR count). The Balaban J connectivity index is 1.48. The summed E-state index contributed by atoms with van der Waals surface area (Å²) < 4.78 is 22.5. The molecule has 2 aliphatic heterocycles. The number of esters is 1. The van der Waals surface area contributed by atoms with Crippen molar-refractivity contribution < 1.29 is 28.2 Å². The molecule has 0 bridgehead atoms. The van der Waals surface area contributed by atoms with E-state index in [4.69, 9.17) is 18.6 Å². The van der Waals surface area contributed by atoms with Crippen LogP contribution in [0.4, 0.5) is 0 Å². The standard InChI is InChI=1S/C29H20O7/c1-15-3-9-22-20(11-15)27(31)21(14-34-22)19-13-25(30)35-23-10-8-18-28(32)24(36-29(18)26(19)23)12-16-4-6-17(33-2)7-5-16/h3-12,14,19H,13H2,1-2H3/b24-12-. The number of allylic oxidation sites excluding steroid dienone is 1. The number of aryl methyl sites for hydroxylation is 1. The minimum Gasteiger partial charge on any atom is -0.497 e. The van der Waals surface area contributed by atoms with E-state index in [1.54, 1.807) is 49.6 Å². The number of fused-ring (bicyclic) bond motifs is 4. The zero-order valence-electron chi connectivity index (χ0n) is 19.5. The van der Waals surface area contributed by atoms with Crippen molar-refractivity contribution in [2.75, 3.05) is 7.11 Å². The second kappa shape index (κ2) is 8.23. The van der Waals surface area contributed by atoms with Gasteiger partial charge in [0.15, 0.2) is 11.2 Å². The second-order valence-corrected chi connectivity index (χ2v) is 8.82. The third kappa shape index (κ3) is 3.48. The van der Waals surface area contributed by atoms with Crippen LogP contribution in [0.1, 0.15) is 45.0 Å². The molecule has 0 fully saturated rings. The highest BCUT2D eigenvalue weighted by Crippen LogP contribution is 2.48. The van der Waals surface area contributed by atoms with Crippen molar-refractivity contribution in [1.29, 1.82) is 0 Å². The van der Waals surface area contributed by atoms with E-state index < -0.39 is 11.9 Å². The van der Waals surface area contributed by atoms with E-state index in [2.05, 4.69) is 0 Å². The number of benzene rings is 3. The summed E-state index contributed by atoms with van der Waals surface area (Å²) in [7, 11) is 1.58. The summed E-state index contributed by atoms with van der Waals surface area (Å²) in [5.41, 5.74) is 3.04. The fourth-order valence-corrected chi connectivity index (χ4v) is 4.72. The first-order valence-corrected chi connectivity index (χ1v) is 11.4. The van der Waals surface area contributed by atoms with Gasteiger partial charge >= 0.3 is 5.97 Å². The van der Waals surface area contributed by atoms with Crippen LogP contribution in [0.5, 0.6) is 17.2 Å². The number of methoxy groups -OCH3 is 1. The topological polar surface area (TPSA) is 92.0 Å². The summed E-state index contributed by atoms with van der Waals surface area (Å²) >= 11 is 0. The number of carbonyl (C=O) groups excluding carboxylic acids is 2. The fourth-order valence-electron chi connectivity index (χ4n) is 4.72. The Labute approximate surface area is 205 Å². The number of ether oxygens (including phenoxy) is 3. The molecule has 0 spiro atoms. The minimum atomic E-state index is -0.689. The average molecular weight is 480 g/mol. The third-order valence-electron chi connectivity index (χ3n) is 6.52. The van der Waals surface area contributed by atoms with Gasteiger partial charge in [0, 0.05) is 17.0 Å². The molecule has 0 N–H and O–H groups in total. The molecule has 7 heteroatoms. The number of ketones is 1. The molecule has 0 saturated heterocycles. The molecular formula is C29H20O7.